The van der Waals surface area contributed by atoms with Gasteiger partial charge in [-0.1, -0.05) is 32.9 Å². The van der Waals surface area contributed by atoms with E-state index in [0.29, 0.717) is 37.4 Å². The van der Waals surface area contributed by atoms with E-state index >= 15 is 0 Å². The second-order valence-corrected chi connectivity index (χ2v) is 22.7. The molecule has 0 unspecified atom stereocenters. The van der Waals surface area contributed by atoms with Gasteiger partial charge in [-0.2, -0.15) is 0 Å². The number of aliphatic hydroxyl groups is 4. The standard InChI is InChI=1S/C56H90N4O19/c1-15-41-56(11,69)48(64)32(5)44(58-70)30(3)27-54(9,68)49(79-53-46(63)40(59(12)13)25-31(4)74-53)33(6)47(34(7)52(67)76-41)78-43-28-55(10,71-14)50(35(8)75-43)77-42(61)19-20-57-21-22-72-23-24-73-36-17-18-39-37(26-36)45(62)38(51(65)66)29-60(39)16-2/h17-18,26,29-35,40-41,43,46-50,53,57,63-64,68-70H,15-16,19-25,27-28H2,1-14H3,(H,65,66)/b58-44+/t30-,31+,32+,33+,34-,35+,40-,41-,43+,46+,47+,48-,49-,50+,53-,54-,55-,56-/m1/s1. The van der Waals surface area contributed by atoms with Crippen LogP contribution in [-0.4, -0.2) is 202 Å². The van der Waals surface area contributed by atoms with Gasteiger partial charge in [0.25, 0.3) is 0 Å². The van der Waals surface area contributed by atoms with E-state index in [0.717, 1.165) is 0 Å². The summed E-state index contributed by atoms with van der Waals surface area (Å²) in [6.07, 6.45) is -9.10. The Bertz CT molecular complexity index is 2430. The van der Waals surface area contributed by atoms with Gasteiger partial charge < -0.3 is 88.2 Å². The summed E-state index contributed by atoms with van der Waals surface area (Å²) in [6, 6.07) is 4.57. The molecule has 1 aromatic heterocycles. The lowest BCUT2D eigenvalue weighted by molar-refractivity contribution is -0.318. The number of carbonyl (C=O) groups excluding carboxylic acids is 2. The van der Waals surface area contributed by atoms with E-state index in [4.69, 9.17) is 42.6 Å². The predicted octanol–water partition coefficient (Wildman–Crippen LogP) is 3.71. The van der Waals surface area contributed by atoms with Crippen LogP contribution in [0.15, 0.2) is 34.3 Å². The van der Waals surface area contributed by atoms with E-state index in [-0.39, 0.29) is 74.2 Å². The van der Waals surface area contributed by atoms with Crippen LogP contribution in [0.5, 0.6) is 5.75 Å². The molecule has 0 aliphatic carbocycles. The summed E-state index contributed by atoms with van der Waals surface area (Å²) in [5.41, 5.74) is -5.31. The van der Waals surface area contributed by atoms with Crippen LogP contribution >= 0.6 is 0 Å². The van der Waals surface area contributed by atoms with Crippen molar-refractivity contribution in [2.45, 2.75) is 199 Å². The number of nitrogens with zero attached hydrogens (tertiary/aromatic N) is 3. The van der Waals surface area contributed by atoms with Gasteiger partial charge in [0, 0.05) is 63.2 Å². The number of carbonyl (C=O) groups is 3. The second kappa shape index (κ2) is 28.1. The van der Waals surface area contributed by atoms with Gasteiger partial charge in [-0.25, -0.2) is 4.79 Å². The number of ether oxygens (including phenoxy) is 9. The number of cyclic esters (lactones) is 1. The fraction of sp³-hybridized carbons (Fsp3) is 0.768. The van der Waals surface area contributed by atoms with E-state index in [9.17, 15) is 49.9 Å². The largest absolute Gasteiger partial charge is 0.491 e. The maximum Gasteiger partial charge on any atom is 0.341 e. The molecule has 23 heteroatoms. The number of oxime groups is 1. The predicted molar refractivity (Wildman–Crippen MR) is 289 cm³/mol. The molecule has 3 saturated heterocycles. The molecule has 3 aliphatic rings. The number of fused-ring (bicyclic) bond motifs is 1. The van der Waals surface area contributed by atoms with E-state index in [1.165, 1.54) is 33.2 Å². The average Bonchev–Trinajstić information content (AvgIpc) is 3.45. The zero-order valence-corrected chi connectivity index (χ0v) is 48.6. The summed E-state index contributed by atoms with van der Waals surface area (Å²) in [7, 11) is 5.15. The second-order valence-electron chi connectivity index (χ2n) is 22.7. The first-order valence-corrected chi connectivity index (χ1v) is 27.6. The third-order valence-electron chi connectivity index (χ3n) is 16.2. The Morgan fingerprint density at radius 1 is 0.924 bits per heavy atom. The SMILES string of the molecule is CC[C@H]1OC(=O)[C@H](C)[C@@H](O[C@H]2C[C@@](C)(OC)[C@@H](OC(=O)CCNCCOCCOc3ccc4c(c3)c(=O)c(C(=O)O)cn4CC)[C@H](C)O2)[C@H](C)[C@@H](O[C@H]2O[C@@H](C)C[C@@H](N(C)C)[C@@H]2O)[C@](C)(O)C[C@@H](C)/C(=N\O)[C@H](C)[C@@H](O)[C@]1(C)O. The van der Waals surface area contributed by atoms with E-state index in [1.54, 1.807) is 65.2 Å². The van der Waals surface area contributed by atoms with Crippen LogP contribution in [0.25, 0.3) is 10.9 Å². The third-order valence-corrected chi connectivity index (χ3v) is 16.2. The van der Waals surface area contributed by atoms with E-state index in [2.05, 4.69) is 10.5 Å². The highest BCUT2D eigenvalue weighted by Crippen LogP contribution is 2.42. The van der Waals surface area contributed by atoms with Gasteiger partial charge in [0.2, 0.25) is 5.43 Å². The molecule has 5 rings (SSSR count). The van der Waals surface area contributed by atoms with Gasteiger partial charge in [0.05, 0.1) is 78.3 Å². The molecule has 18 atom stereocenters. The van der Waals surface area contributed by atoms with Gasteiger partial charge in [0.1, 0.15) is 41.3 Å². The molecule has 79 heavy (non-hydrogen) atoms. The van der Waals surface area contributed by atoms with Gasteiger partial charge in [-0.05, 0) is 100 Å². The molecule has 0 radical (unpaired) electrons. The fourth-order valence-electron chi connectivity index (χ4n) is 11.7. The molecule has 1 aromatic carbocycles. The molecule has 23 nitrogen and oxygen atoms in total. The zero-order chi connectivity index (χ0) is 58.9. The van der Waals surface area contributed by atoms with Crippen LogP contribution in [0.2, 0.25) is 0 Å². The van der Waals surface area contributed by atoms with Crippen LogP contribution in [-0.2, 0) is 54.0 Å². The molecular formula is C56H90N4O19. The Kier molecular flexibility index (Phi) is 23.3. The summed E-state index contributed by atoms with van der Waals surface area (Å²) < 4.78 is 57.6. The van der Waals surface area contributed by atoms with Crippen molar-refractivity contribution in [1.29, 1.82) is 0 Å². The third kappa shape index (κ3) is 15.6. The van der Waals surface area contributed by atoms with Crippen LogP contribution in [0.4, 0.5) is 0 Å². The number of nitrogens with one attached hydrogen (secondary N) is 1. The van der Waals surface area contributed by atoms with Crippen molar-refractivity contribution >= 4 is 34.5 Å². The minimum absolute atomic E-state index is 0.000731. The maximum absolute atomic E-state index is 14.5. The van der Waals surface area contributed by atoms with Gasteiger partial charge in [-0.15, -0.1) is 0 Å². The molecule has 3 aliphatic heterocycles. The minimum Gasteiger partial charge on any atom is -0.491 e. The number of carboxylic acids is 1. The number of rotatable bonds is 20. The normalized spacial score (nSPS) is 36.7. The summed E-state index contributed by atoms with van der Waals surface area (Å²) >= 11 is 0. The number of benzene rings is 1. The molecule has 4 heterocycles. The summed E-state index contributed by atoms with van der Waals surface area (Å²) in [5.74, 6) is -6.02. The lowest BCUT2D eigenvalue weighted by Gasteiger charge is -2.49. The van der Waals surface area contributed by atoms with Crippen molar-refractivity contribution in [2.24, 2.45) is 28.8 Å². The minimum atomic E-state index is -2.03. The first kappa shape index (κ1) is 65.4. The van der Waals surface area contributed by atoms with Crippen molar-refractivity contribution in [3.05, 3.63) is 40.2 Å². The molecule has 0 bridgehead atoms. The number of aromatic carboxylic acids is 1. The van der Waals surface area contributed by atoms with Crippen molar-refractivity contribution in [3.8, 4) is 5.75 Å². The first-order valence-electron chi connectivity index (χ1n) is 27.6. The Balaban J connectivity index is 1.27. The molecule has 0 amide bonds. The fourth-order valence-corrected chi connectivity index (χ4v) is 11.7. The number of carboxylic acid groups (broad SMARTS) is 1. The number of aliphatic hydroxyl groups excluding tert-OH is 2. The number of hydrogen-bond donors (Lipinski definition) is 7. The number of aromatic nitrogens is 1. The lowest BCUT2D eigenvalue weighted by atomic mass is 9.73. The van der Waals surface area contributed by atoms with E-state index < -0.39 is 119 Å². The lowest BCUT2D eigenvalue weighted by Crippen LogP contribution is -2.61. The maximum atomic E-state index is 14.5. The topological polar surface area (TPSA) is 305 Å². The van der Waals surface area contributed by atoms with Gasteiger partial charge in [0.15, 0.2) is 18.7 Å². The molecular weight excluding hydrogens is 1030 g/mol. The first-order chi connectivity index (χ1) is 37.1. The Morgan fingerprint density at radius 3 is 2.24 bits per heavy atom. The Morgan fingerprint density at radius 2 is 1.62 bits per heavy atom. The van der Waals surface area contributed by atoms with Crippen molar-refractivity contribution in [2.75, 3.05) is 54.1 Å². The van der Waals surface area contributed by atoms with Crippen LogP contribution in [0.3, 0.4) is 0 Å². The molecule has 2 aromatic rings. The van der Waals surface area contributed by atoms with Crippen molar-refractivity contribution in [3.63, 3.8) is 0 Å². The highest BCUT2D eigenvalue weighted by molar-refractivity contribution is 5.93. The van der Waals surface area contributed by atoms with Gasteiger partial charge in [-0.3, -0.25) is 14.4 Å². The molecule has 3 fully saturated rings. The smallest absolute Gasteiger partial charge is 0.341 e. The quantitative estimate of drug-likeness (QED) is 0.0430. The molecule has 448 valence electrons. The number of esters is 2. The number of aryl methyl sites for hydroxylation is 1. The zero-order valence-electron chi connectivity index (χ0n) is 48.6. The number of pyridine rings is 1. The van der Waals surface area contributed by atoms with Crippen LogP contribution in [0, 0.1) is 23.7 Å². The van der Waals surface area contributed by atoms with E-state index in [1.807, 2.05) is 32.8 Å². The Hall–Kier alpha value is -4.37. The highest BCUT2D eigenvalue weighted by atomic mass is 16.7. The number of likely N-dealkylation sites (N-methyl/N-ethyl adjacent to an activating group) is 1. The molecule has 7 N–H and O–H groups in total. The van der Waals surface area contributed by atoms with Crippen LogP contribution < -0.4 is 15.5 Å². The number of methoxy groups -OCH3 is 1. The highest BCUT2D eigenvalue weighted by Gasteiger charge is 2.54. The van der Waals surface area contributed by atoms with Crippen molar-refractivity contribution in [1.82, 2.24) is 14.8 Å². The summed E-state index contributed by atoms with van der Waals surface area (Å²) in [4.78, 5) is 54.3. The monoisotopic (exact) mass is 1120 g/mol. The van der Waals surface area contributed by atoms with Crippen molar-refractivity contribution < 1.29 is 87.8 Å². The average molecular weight is 1120 g/mol. The summed E-state index contributed by atoms with van der Waals surface area (Å²) in [6.45, 7) is 20.2. The van der Waals surface area contributed by atoms with Gasteiger partial charge >= 0.3 is 17.9 Å². The molecule has 0 saturated carbocycles. The van der Waals surface area contributed by atoms with Crippen LogP contribution in [0.1, 0.15) is 119 Å². The molecule has 0 spiro atoms. The Labute approximate surface area is 463 Å². The number of hydrogen-bond acceptors (Lipinski definition) is 21. The summed E-state index contributed by atoms with van der Waals surface area (Å²) in [5, 5.41) is 74.9.